The van der Waals surface area contributed by atoms with Crippen LogP contribution in [0.5, 0.6) is 0 Å². The smallest absolute Gasteiger partial charge is 0.319 e. The summed E-state index contributed by atoms with van der Waals surface area (Å²) in [6, 6.07) is 4.71. The van der Waals surface area contributed by atoms with E-state index in [1.54, 1.807) is 0 Å². The minimum Gasteiger partial charge on any atom is -0.334 e. The van der Waals surface area contributed by atoms with Crippen LogP contribution in [-0.4, -0.2) is 52.6 Å². The number of amides is 2. The van der Waals surface area contributed by atoms with Gasteiger partial charge in [0.1, 0.15) is 0 Å². The zero-order valence-corrected chi connectivity index (χ0v) is 14.7. The Balaban J connectivity index is 1.99. The van der Waals surface area contributed by atoms with Gasteiger partial charge in [-0.15, -0.1) is 0 Å². The number of nitrogens with zero attached hydrogens (tertiary/aromatic N) is 1. The van der Waals surface area contributed by atoms with Crippen molar-refractivity contribution in [3.63, 3.8) is 0 Å². The Morgan fingerprint density at radius 1 is 1.29 bits per heavy atom. The second-order valence-corrected chi connectivity index (χ2v) is 9.18. The number of piperidine rings is 1. The molecule has 0 spiro atoms. The number of primary sulfonamides is 1. The first-order chi connectivity index (χ1) is 11.1. The van der Waals surface area contributed by atoms with Gasteiger partial charge in [0.05, 0.1) is 11.2 Å². The maximum absolute atomic E-state index is 12.0. The van der Waals surface area contributed by atoms with E-state index in [2.05, 4.69) is 10.6 Å². The maximum atomic E-state index is 12.0. The molecule has 0 bridgehead atoms. The van der Waals surface area contributed by atoms with Crippen LogP contribution in [0.4, 0.5) is 10.5 Å². The summed E-state index contributed by atoms with van der Waals surface area (Å²) in [5.74, 6) is 0. The molecule has 0 saturated carbocycles. The second-order valence-electron chi connectivity index (χ2n) is 5.63. The maximum Gasteiger partial charge on any atom is 0.319 e. The molecule has 1 fully saturated rings. The average Bonchev–Trinajstić information content (AvgIpc) is 2.46. The minimum atomic E-state index is -3.86. The van der Waals surface area contributed by atoms with Crippen molar-refractivity contribution in [1.82, 2.24) is 9.62 Å². The first-order valence-corrected chi connectivity index (χ1v) is 10.6. The number of hydrogen-bond acceptors (Lipinski definition) is 5. The van der Waals surface area contributed by atoms with Crippen LogP contribution in [0.15, 0.2) is 29.2 Å². The van der Waals surface area contributed by atoms with Gasteiger partial charge in [-0.05, 0) is 31.0 Å². The normalized spacial score (nSPS) is 19.7. The van der Waals surface area contributed by atoms with Crippen molar-refractivity contribution in [3.8, 4) is 0 Å². The SMILES string of the molecule is CS(=O)(=O)N1CCCC(NC(=O)Nc2cccc(S(N)(=O)=O)c2)C1. The average molecular weight is 376 g/mol. The molecule has 9 nitrogen and oxygen atoms in total. The van der Waals surface area contributed by atoms with E-state index in [1.165, 1.54) is 28.6 Å². The Morgan fingerprint density at radius 3 is 2.62 bits per heavy atom. The number of urea groups is 1. The van der Waals surface area contributed by atoms with Gasteiger partial charge in [0.25, 0.3) is 0 Å². The number of hydrogen-bond donors (Lipinski definition) is 3. The number of benzene rings is 1. The van der Waals surface area contributed by atoms with E-state index >= 15 is 0 Å². The third kappa shape index (κ3) is 5.16. The van der Waals surface area contributed by atoms with Crippen LogP contribution in [0.2, 0.25) is 0 Å². The number of anilines is 1. The second kappa shape index (κ2) is 7.05. The molecule has 1 aliphatic rings. The predicted molar refractivity (Wildman–Crippen MR) is 89.4 cm³/mol. The van der Waals surface area contributed by atoms with Crippen molar-refractivity contribution in [2.45, 2.75) is 23.8 Å². The van der Waals surface area contributed by atoms with Gasteiger partial charge < -0.3 is 10.6 Å². The fourth-order valence-electron chi connectivity index (χ4n) is 2.46. The molecule has 1 heterocycles. The van der Waals surface area contributed by atoms with Crippen LogP contribution in [-0.2, 0) is 20.0 Å². The quantitative estimate of drug-likeness (QED) is 0.672. The van der Waals surface area contributed by atoms with Crippen molar-refractivity contribution in [2.75, 3.05) is 24.7 Å². The molecule has 1 aromatic rings. The number of sulfonamides is 2. The molecule has 1 aromatic carbocycles. The third-order valence-electron chi connectivity index (χ3n) is 3.61. The van der Waals surface area contributed by atoms with Gasteiger partial charge in [-0.1, -0.05) is 6.07 Å². The molecular weight excluding hydrogens is 356 g/mol. The molecule has 1 atom stereocenters. The van der Waals surface area contributed by atoms with E-state index in [4.69, 9.17) is 5.14 Å². The van der Waals surface area contributed by atoms with Gasteiger partial charge in [-0.25, -0.2) is 31.1 Å². The lowest BCUT2D eigenvalue weighted by Crippen LogP contribution is -2.50. The van der Waals surface area contributed by atoms with Crippen LogP contribution < -0.4 is 15.8 Å². The summed E-state index contributed by atoms with van der Waals surface area (Å²) in [5.41, 5.74) is 0.273. The third-order valence-corrected chi connectivity index (χ3v) is 5.79. The Hall–Kier alpha value is -1.69. The Morgan fingerprint density at radius 2 is 2.00 bits per heavy atom. The number of nitrogens with one attached hydrogen (secondary N) is 2. The molecule has 4 N–H and O–H groups in total. The molecule has 1 aliphatic heterocycles. The zero-order valence-electron chi connectivity index (χ0n) is 13.1. The summed E-state index contributed by atoms with van der Waals surface area (Å²) in [6.45, 7) is 0.651. The topological polar surface area (TPSA) is 139 Å². The number of carbonyl (C=O) groups is 1. The summed E-state index contributed by atoms with van der Waals surface area (Å²) in [5, 5.41) is 10.3. The van der Waals surface area contributed by atoms with Gasteiger partial charge in [0.2, 0.25) is 20.0 Å². The fraction of sp³-hybridized carbons (Fsp3) is 0.462. The molecule has 0 radical (unpaired) electrons. The monoisotopic (exact) mass is 376 g/mol. The van der Waals surface area contributed by atoms with Gasteiger partial charge >= 0.3 is 6.03 Å². The van der Waals surface area contributed by atoms with Crippen molar-refractivity contribution >= 4 is 31.8 Å². The molecule has 134 valence electrons. The number of carbonyl (C=O) groups excluding carboxylic acids is 1. The molecule has 24 heavy (non-hydrogen) atoms. The summed E-state index contributed by atoms with van der Waals surface area (Å²) in [4.78, 5) is 11.9. The van der Waals surface area contributed by atoms with Crippen molar-refractivity contribution in [1.29, 1.82) is 0 Å². The highest BCUT2D eigenvalue weighted by Crippen LogP contribution is 2.15. The Labute approximate surface area is 141 Å². The van der Waals surface area contributed by atoms with Crippen LogP contribution >= 0.6 is 0 Å². The lowest BCUT2D eigenvalue weighted by Gasteiger charge is -2.31. The highest BCUT2D eigenvalue weighted by molar-refractivity contribution is 7.89. The van der Waals surface area contributed by atoms with Gasteiger partial charge in [-0.2, -0.15) is 0 Å². The van der Waals surface area contributed by atoms with E-state index in [9.17, 15) is 21.6 Å². The molecule has 0 aliphatic carbocycles. The van der Waals surface area contributed by atoms with E-state index in [0.717, 1.165) is 6.26 Å². The summed E-state index contributed by atoms with van der Waals surface area (Å²) in [7, 11) is -7.15. The zero-order chi connectivity index (χ0) is 18.0. The van der Waals surface area contributed by atoms with Gasteiger partial charge in [0.15, 0.2) is 0 Å². The molecule has 11 heteroatoms. The summed E-state index contributed by atoms with van der Waals surface area (Å²) in [6.07, 6.45) is 2.45. The van der Waals surface area contributed by atoms with Gasteiger partial charge in [-0.3, -0.25) is 0 Å². The van der Waals surface area contributed by atoms with Crippen LogP contribution in [0.3, 0.4) is 0 Å². The predicted octanol–water partition coefficient (Wildman–Crippen LogP) is -0.120. The Bertz CT molecular complexity index is 823. The van der Waals surface area contributed by atoms with E-state index in [1.807, 2.05) is 0 Å². The summed E-state index contributed by atoms with van der Waals surface area (Å²) < 4.78 is 47.1. The molecular formula is C13H20N4O5S2. The molecule has 1 unspecified atom stereocenters. The molecule has 2 rings (SSSR count). The molecule has 1 saturated heterocycles. The number of nitrogens with two attached hydrogens (primary N) is 1. The lowest BCUT2D eigenvalue weighted by atomic mass is 10.1. The van der Waals surface area contributed by atoms with Crippen LogP contribution in [0.1, 0.15) is 12.8 Å². The Kier molecular flexibility index (Phi) is 5.48. The highest BCUT2D eigenvalue weighted by Gasteiger charge is 2.26. The van der Waals surface area contributed by atoms with Crippen LogP contribution in [0, 0.1) is 0 Å². The van der Waals surface area contributed by atoms with Crippen molar-refractivity contribution in [2.24, 2.45) is 5.14 Å². The van der Waals surface area contributed by atoms with E-state index < -0.39 is 26.1 Å². The standard InChI is InChI=1S/C13H20N4O5S2/c1-23(19,20)17-7-3-5-11(9-17)16-13(18)15-10-4-2-6-12(8-10)24(14,21)22/h2,4,6,8,11H,3,5,7,9H2,1H3,(H2,14,21,22)(H2,15,16,18). The fourth-order valence-corrected chi connectivity index (χ4v) is 3.94. The first-order valence-electron chi connectivity index (χ1n) is 7.21. The van der Waals surface area contributed by atoms with Crippen LogP contribution in [0.25, 0.3) is 0 Å². The minimum absolute atomic E-state index is 0.110. The lowest BCUT2D eigenvalue weighted by molar-refractivity contribution is 0.236. The highest BCUT2D eigenvalue weighted by atomic mass is 32.2. The molecule has 2 amide bonds. The van der Waals surface area contributed by atoms with Gasteiger partial charge in [0, 0.05) is 24.8 Å². The number of rotatable bonds is 4. The first kappa shape index (κ1) is 18.6. The largest absolute Gasteiger partial charge is 0.334 e. The van der Waals surface area contributed by atoms with Crippen molar-refractivity contribution in [3.05, 3.63) is 24.3 Å². The van der Waals surface area contributed by atoms with Crippen molar-refractivity contribution < 1.29 is 21.6 Å². The summed E-state index contributed by atoms with van der Waals surface area (Å²) >= 11 is 0. The van der Waals surface area contributed by atoms with E-state index in [-0.39, 0.29) is 23.2 Å². The van der Waals surface area contributed by atoms with E-state index in [0.29, 0.717) is 19.4 Å². The molecule has 0 aromatic heterocycles.